The molecule has 0 spiro atoms. The van der Waals surface area contributed by atoms with E-state index in [0.717, 1.165) is 6.42 Å². The summed E-state index contributed by atoms with van der Waals surface area (Å²) in [5.74, 6) is 5.10. The van der Waals surface area contributed by atoms with Gasteiger partial charge in [-0.25, -0.2) is 5.43 Å². The monoisotopic (exact) mass is 273 g/mol. The van der Waals surface area contributed by atoms with Crippen LogP contribution in [-0.4, -0.2) is 17.6 Å². The highest BCUT2D eigenvalue weighted by atomic mass is 16.1. The zero-order chi connectivity index (χ0) is 14.7. The predicted molar refractivity (Wildman–Crippen MR) is 77.0 cm³/mol. The Bertz CT molecular complexity index is 578. The van der Waals surface area contributed by atoms with Crippen molar-refractivity contribution in [3.05, 3.63) is 46.5 Å². The van der Waals surface area contributed by atoms with Gasteiger partial charge in [0, 0.05) is 28.3 Å². The summed E-state index contributed by atoms with van der Waals surface area (Å²) in [4.78, 5) is 24.8. The van der Waals surface area contributed by atoms with Crippen LogP contribution < -0.4 is 16.8 Å². The minimum Gasteiger partial charge on any atom is -0.289 e. The van der Waals surface area contributed by atoms with Crippen LogP contribution in [0.3, 0.4) is 0 Å². The molecule has 0 radical (unpaired) electrons. The minimum absolute atomic E-state index is 0.0365. The summed E-state index contributed by atoms with van der Waals surface area (Å²) in [7, 11) is 0. The van der Waals surface area contributed by atoms with E-state index in [1.165, 1.54) is 0 Å². The standard InChI is InChI=1S/C15H19N3O2/c1-9(17-18-16)7-8-11-10(2)14(19)12-5-3-4-6-13(12)15(11)20/h3-6,9,17-18H,7-8,16H2,1-2H3. The number of benzene rings is 1. The van der Waals surface area contributed by atoms with E-state index in [0.29, 0.717) is 28.7 Å². The first-order valence-corrected chi connectivity index (χ1v) is 6.65. The third kappa shape index (κ3) is 2.70. The number of hydrogen-bond acceptors (Lipinski definition) is 5. The molecule has 5 heteroatoms. The molecule has 0 saturated carbocycles. The molecule has 5 nitrogen and oxygen atoms in total. The molecule has 2 rings (SSSR count). The number of carbonyl (C=O) groups excluding carboxylic acids is 2. The van der Waals surface area contributed by atoms with Crippen molar-refractivity contribution in [2.75, 3.05) is 0 Å². The summed E-state index contributed by atoms with van der Waals surface area (Å²) >= 11 is 0. The van der Waals surface area contributed by atoms with Crippen molar-refractivity contribution >= 4 is 11.6 Å². The zero-order valence-corrected chi connectivity index (χ0v) is 11.7. The second-order valence-electron chi connectivity index (χ2n) is 5.04. The summed E-state index contributed by atoms with van der Waals surface area (Å²) < 4.78 is 0. The van der Waals surface area contributed by atoms with Gasteiger partial charge in [-0.2, -0.15) is 5.53 Å². The van der Waals surface area contributed by atoms with Gasteiger partial charge >= 0.3 is 0 Å². The van der Waals surface area contributed by atoms with Crippen molar-refractivity contribution in [2.45, 2.75) is 32.7 Å². The van der Waals surface area contributed by atoms with Crippen LogP contribution in [0.2, 0.25) is 0 Å². The number of allylic oxidation sites excluding steroid dienone is 2. The third-order valence-corrected chi connectivity index (χ3v) is 3.64. The number of ketones is 2. The van der Waals surface area contributed by atoms with Crippen molar-refractivity contribution in [1.82, 2.24) is 11.0 Å². The van der Waals surface area contributed by atoms with Gasteiger partial charge in [0.25, 0.3) is 0 Å². The maximum absolute atomic E-state index is 12.5. The molecular formula is C15H19N3O2. The molecule has 0 heterocycles. The molecule has 0 saturated heterocycles. The van der Waals surface area contributed by atoms with Crippen LogP contribution in [0.25, 0.3) is 0 Å². The van der Waals surface area contributed by atoms with Crippen molar-refractivity contribution in [3.8, 4) is 0 Å². The summed E-state index contributed by atoms with van der Waals surface area (Å²) in [5.41, 5.74) is 7.42. The topological polar surface area (TPSA) is 84.2 Å². The van der Waals surface area contributed by atoms with E-state index >= 15 is 0 Å². The molecule has 1 atom stereocenters. The molecule has 0 amide bonds. The first kappa shape index (κ1) is 14.6. The van der Waals surface area contributed by atoms with Crippen molar-refractivity contribution in [2.24, 2.45) is 5.84 Å². The zero-order valence-electron chi connectivity index (χ0n) is 11.7. The highest BCUT2D eigenvalue weighted by Gasteiger charge is 2.29. The molecule has 0 aliphatic heterocycles. The Morgan fingerprint density at radius 2 is 1.75 bits per heavy atom. The highest BCUT2D eigenvalue weighted by molar-refractivity contribution is 6.26. The van der Waals surface area contributed by atoms with Gasteiger partial charge in [0.1, 0.15) is 0 Å². The lowest BCUT2D eigenvalue weighted by Crippen LogP contribution is -2.43. The molecule has 1 aromatic carbocycles. The lowest BCUT2D eigenvalue weighted by atomic mass is 9.82. The van der Waals surface area contributed by atoms with Crippen molar-refractivity contribution in [1.29, 1.82) is 0 Å². The van der Waals surface area contributed by atoms with Gasteiger partial charge in [-0.1, -0.05) is 24.3 Å². The van der Waals surface area contributed by atoms with Crippen LogP contribution in [-0.2, 0) is 0 Å². The molecule has 20 heavy (non-hydrogen) atoms. The van der Waals surface area contributed by atoms with E-state index in [9.17, 15) is 9.59 Å². The Balaban J connectivity index is 2.23. The fourth-order valence-electron chi connectivity index (χ4n) is 2.43. The smallest absolute Gasteiger partial charge is 0.190 e. The van der Waals surface area contributed by atoms with Crippen LogP contribution >= 0.6 is 0 Å². The minimum atomic E-state index is -0.0484. The van der Waals surface area contributed by atoms with Gasteiger partial charge in [-0.05, 0) is 26.7 Å². The van der Waals surface area contributed by atoms with Crippen LogP contribution in [0.5, 0.6) is 0 Å². The van der Waals surface area contributed by atoms with E-state index in [1.54, 1.807) is 31.2 Å². The van der Waals surface area contributed by atoms with Crippen LogP contribution in [0.4, 0.5) is 0 Å². The number of fused-ring (bicyclic) bond motifs is 1. The Labute approximate surface area is 118 Å². The first-order chi connectivity index (χ1) is 9.56. The molecule has 4 N–H and O–H groups in total. The Kier molecular flexibility index (Phi) is 4.44. The maximum Gasteiger partial charge on any atom is 0.190 e. The van der Waals surface area contributed by atoms with E-state index in [4.69, 9.17) is 5.84 Å². The lowest BCUT2D eigenvalue weighted by Gasteiger charge is -2.20. The van der Waals surface area contributed by atoms with E-state index < -0.39 is 0 Å². The molecule has 1 aliphatic carbocycles. The molecule has 1 aliphatic rings. The molecule has 106 valence electrons. The third-order valence-electron chi connectivity index (χ3n) is 3.64. The van der Waals surface area contributed by atoms with Gasteiger partial charge in [0.15, 0.2) is 11.6 Å². The van der Waals surface area contributed by atoms with Crippen LogP contribution in [0, 0.1) is 0 Å². The number of nitrogens with one attached hydrogen (secondary N) is 2. The van der Waals surface area contributed by atoms with E-state index in [-0.39, 0.29) is 17.6 Å². The Morgan fingerprint density at radius 3 is 2.35 bits per heavy atom. The molecule has 1 aromatic rings. The number of carbonyl (C=O) groups is 2. The Morgan fingerprint density at radius 1 is 1.15 bits per heavy atom. The van der Waals surface area contributed by atoms with Crippen molar-refractivity contribution < 1.29 is 9.59 Å². The number of Topliss-reactive ketones (excluding diaryl/α,β-unsaturated/α-hetero) is 2. The van der Waals surface area contributed by atoms with Crippen LogP contribution in [0.1, 0.15) is 47.4 Å². The number of rotatable bonds is 5. The number of nitrogens with two attached hydrogens (primary N) is 1. The molecular weight excluding hydrogens is 254 g/mol. The fourth-order valence-corrected chi connectivity index (χ4v) is 2.43. The van der Waals surface area contributed by atoms with Gasteiger partial charge in [0.2, 0.25) is 0 Å². The summed E-state index contributed by atoms with van der Waals surface area (Å²) in [6.45, 7) is 3.68. The fraction of sp³-hybridized carbons (Fsp3) is 0.333. The lowest BCUT2D eigenvalue weighted by molar-refractivity contribution is 0.0971. The SMILES string of the molecule is CC1=C(CCC(C)NNN)C(=O)c2ccccc2C1=O. The average Bonchev–Trinajstić information content (AvgIpc) is 2.45. The average molecular weight is 273 g/mol. The molecule has 0 fully saturated rings. The molecule has 0 bridgehead atoms. The molecule has 1 unspecified atom stereocenters. The quantitative estimate of drug-likeness (QED) is 0.559. The van der Waals surface area contributed by atoms with E-state index in [2.05, 4.69) is 11.0 Å². The van der Waals surface area contributed by atoms with E-state index in [1.807, 2.05) is 6.92 Å². The van der Waals surface area contributed by atoms with Crippen molar-refractivity contribution in [3.63, 3.8) is 0 Å². The number of hydrogen-bond donors (Lipinski definition) is 3. The second kappa shape index (κ2) is 6.09. The van der Waals surface area contributed by atoms with Gasteiger partial charge < -0.3 is 0 Å². The first-order valence-electron chi connectivity index (χ1n) is 6.65. The summed E-state index contributed by atoms with van der Waals surface area (Å²) in [6, 6.07) is 7.09. The Hall–Kier alpha value is -1.82. The highest BCUT2D eigenvalue weighted by Crippen LogP contribution is 2.28. The predicted octanol–water partition coefficient (Wildman–Crippen LogP) is 1.52. The van der Waals surface area contributed by atoms with Gasteiger partial charge in [-0.15, -0.1) is 0 Å². The summed E-state index contributed by atoms with van der Waals surface area (Å²) in [6.07, 6.45) is 1.28. The largest absolute Gasteiger partial charge is 0.289 e. The molecule has 0 aromatic heterocycles. The summed E-state index contributed by atoms with van der Waals surface area (Å²) in [5, 5.41) is 0. The van der Waals surface area contributed by atoms with Gasteiger partial charge in [-0.3, -0.25) is 15.4 Å². The second-order valence-corrected chi connectivity index (χ2v) is 5.04. The maximum atomic E-state index is 12.5. The van der Waals surface area contributed by atoms with Crippen LogP contribution in [0.15, 0.2) is 35.4 Å². The number of hydrazine groups is 2. The van der Waals surface area contributed by atoms with Gasteiger partial charge in [0.05, 0.1) is 0 Å². The normalized spacial score (nSPS) is 16.4.